The second kappa shape index (κ2) is 7.47. The molecule has 4 fully saturated rings. The van der Waals surface area contributed by atoms with E-state index in [0.29, 0.717) is 11.8 Å². The number of carbonyl (C=O) groups excluding carboxylic acids is 2. The lowest BCUT2D eigenvalue weighted by atomic mass is 9.51. The van der Waals surface area contributed by atoms with Crippen LogP contribution in [0.3, 0.4) is 0 Å². The van der Waals surface area contributed by atoms with E-state index >= 15 is 0 Å². The van der Waals surface area contributed by atoms with E-state index in [9.17, 15) is 19.8 Å². The molecule has 1 saturated heterocycles. The average Bonchev–Trinajstić information content (AvgIpc) is 3.21. The minimum absolute atomic E-state index is 0.000557. The van der Waals surface area contributed by atoms with Crippen LogP contribution in [0.2, 0.25) is 0 Å². The number of rotatable bonds is 0. The van der Waals surface area contributed by atoms with Gasteiger partial charge in [-0.15, -0.1) is 0 Å². The Labute approximate surface area is 218 Å². The van der Waals surface area contributed by atoms with Crippen molar-refractivity contribution >= 4 is 11.7 Å². The zero-order chi connectivity index (χ0) is 26.1. The van der Waals surface area contributed by atoms with E-state index in [1.165, 1.54) is 5.57 Å². The first-order chi connectivity index (χ1) is 17.5. The molecule has 4 aliphatic carbocycles. The number of Topliss-reactive ketones (excluding diaryl/α,β-unsaturated/α-hetero) is 1. The van der Waals surface area contributed by atoms with Crippen LogP contribution >= 0.6 is 0 Å². The molecule has 3 aliphatic heterocycles. The van der Waals surface area contributed by atoms with E-state index in [0.717, 1.165) is 24.2 Å². The summed E-state index contributed by atoms with van der Waals surface area (Å²) < 4.78 is 6.93. The van der Waals surface area contributed by atoms with Crippen molar-refractivity contribution < 1.29 is 24.5 Å². The first kappa shape index (κ1) is 23.9. The first-order valence-corrected chi connectivity index (χ1v) is 14.2. The van der Waals surface area contributed by atoms with E-state index in [2.05, 4.69) is 39.1 Å². The van der Waals surface area contributed by atoms with Gasteiger partial charge in [-0.3, -0.25) is 9.59 Å². The second-order valence-corrected chi connectivity index (χ2v) is 13.9. The highest BCUT2D eigenvalue weighted by atomic mass is 16.5. The molecule has 6 heteroatoms. The minimum atomic E-state index is -1.52. The van der Waals surface area contributed by atoms with Crippen LogP contribution in [0.1, 0.15) is 58.9 Å². The predicted molar refractivity (Wildman–Crippen MR) is 137 cm³/mol. The topological polar surface area (TPSA) is 95.9 Å². The van der Waals surface area contributed by atoms with Gasteiger partial charge in [0.1, 0.15) is 23.0 Å². The zero-order valence-electron chi connectivity index (χ0n) is 22.2. The number of aliphatic hydroxyl groups is 2. The maximum Gasteiger partial charge on any atom is 0.236 e. The normalized spacial score (nSPS) is 51.7. The molecule has 0 radical (unpaired) electrons. The second-order valence-electron chi connectivity index (χ2n) is 13.9. The van der Waals surface area contributed by atoms with Gasteiger partial charge in [-0.25, -0.2) is 0 Å². The molecule has 1 aromatic carbocycles. The van der Waals surface area contributed by atoms with Crippen molar-refractivity contribution in [3.05, 3.63) is 41.5 Å². The number of ketones is 1. The molecule has 12 atom stereocenters. The molecular formula is C31H39NO5. The molecule has 1 spiro atoms. The predicted octanol–water partition coefficient (Wildman–Crippen LogP) is 3.65. The summed E-state index contributed by atoms with van der Waals surface area (Å²) in [4.78, 5) is 28.3. The van der Waals surface area contributed by atoms with E-state index in [1.54, 1.807) is 0 Å². The number of hydrogen-bond donors (Lipinski definition) is 3. The maximum absolute atomic E-state index is 14.7. The number of ether oxygens (including phenoxy) is 1. The molecule has 1 aromatic rings. The van der Waals surface area contributed by atoms with Crippen LogP contribution in [0.25, 0.3) is 0 Å². The third-order valence-corrected chi connectivity index (χ3v) is 11.4. The van der Waals surface area contributed by atoms with Crippen molar-refractivity contribution in [1.82, 2.24) is 5.32 Å². The van der Waals surface area contributed by atoms with Crippen molar-refractivity contribution in [2.75, 3.05) is 0 Å². The molecule has 8 rings (SSSR count). The zero-order valence-corrected chi connectivity index (χ0v) is 22.2. The Morgan fingerprint density at radius 3 is 2.57 bits per heavy atom. The molecule has 7 aliphatic rings. The minimum Gasteiger partial charge on any atom is -0.490 e. The number of amides is 1. The van der Waals surface area contributed by atoms with Gasteiger partial charge in [-0.2, -0.15) is 0 Å². The van der Waals surface area contributed by atoms with Crippen molar-refractivity contribution in [3.8, 4) is 5.75 Å². The highest BCUT2D eigenvalue weighted by Gasteiger charge is 2.71. The quantitative estimate of drug-likeness (QED) is 0.370. The molecule has 5 bridgehead atoms. The Balaban J connectivity index is 1.47. The van der Waals surface area contributed by atoms with Gasteiger partial charge in [-0.1, -0.05) is 44.6 Å². The summed E-state index contributed by atoms with van der Waals surface area (Å²) in [5.74, 6) is 0.697. The molecule has 37 heavy (non-hydrogen) atoms. The number of fused-ring (bicyclic) bond motifs is 4. The molecular weight excluding hydrogens is 466 g/mol. The van der Waals surface area contributed by atoms with Crippen LogP contribution < -0.4 is 10.1 Å². The highest BCUT2D eigenvalue weighted by molar-refractivity contribution is 6.09. The summed E-state index contributed by atoms with van der Waals surface area (Å²) in [5, 5.41) is 25.8. The van der Waals surface area contributed by atoms with Gasteiger partial charge in [0.25, 0.3) is 0 Å². The van der Waals surface area contributed by atoms with Crippen LogP contribution in [0.15, 0.2) is 35.9 Å². The summed E-state index contributed by atoms with van der Waals surface area (Å²) >= 11 is 0. The van der Waals surface area contributed by atoms with Crippen molar-refractivity contribution in [2.24, 2.45) is 52.3 Å². The Hall–Kier alpha value is -2.18. The van der Waals surface area contributed by atoms with Gasteiger partial charge in [0, 0.05) is 36.5 Å². The smallest absolute Gasteiger partial charge is 0.236 e. The summed E-state index contributed by atoms with van der Waals surface area (Å²) in [7, 11) is 0. The standard InChI is InChI=1S/C31H39NO5/c1-15-9-16(2)25-26-23-22-20(10-17(3)24(23)29(25,4)11-15)21(33)13-30(27(22)34)14-31(36,32-28(30)35)12-18-5-7-19(37-26)8-6-18/h5-8,10,15-16,20-26,33,36H,9,11-14H2,1-4H3,(H,32,35)/t15-,16+,20-,21+,22+,23-,24-,25+,26+,29+,30+,31-/m1/s1. The molecule has 0 unspecified atom stereocenters. The third-order valence-electron chi connectivity index (χ3n) is 11.4. The molecule has 3 saturated carbocycles. The molecule has 3 heterocycles. The average molecular weight is 506 g/mol. The summed E-state index contributed by atoms with van der Waals surface area (Å²) in [6, 6.07) is 7.85. The Kier molecular flexibility index (Phi) is 4.83. The SMILES string of the molecule is CC1=C[C@H]2[C@@H]3C(=O)[C@]4(C[C@@H]2O)C[C@](O)(Cc2ccc(cc2)O[C@H]2[C@H]3[C@@H]1[C@]1(C)C[C@H](C)C[C@H](C)[C@@H]21)NC4=O. The van der Waals surface area contributed by atoms with Crippen LogP contribution in [-0.2, 0) is 16.0 Å². The molecule has 198 valence electrons. The van der Waals surface area contributed by atoms with Crippen molar-refractivity contribution in [2.45, 2.75) is 77.7 Å². The molecule has 6 nitrogen and oxygen atoms in total. The van der Waals surface area contributed by atoms with Crippen molar-refractivity contribution in [1.29, 1.82) is 0 Å². The fourth-order valence-corrected chi connectivity index (χ4v) is 10.7. The number of benzene rings is 1. The maximum atomic E-state index is 14.7. The highest BCUT2D eigenvalue weighted by Crippen LogP contribution is 2.68. The Morgan fingerprint density at radius 1 is 1.11 bits per heavy atom. The Morgan fingerprint density at radius 2 is 1.84 bits per heavy atom. The van der Waals surface area contributed by atoms with Crippen molar-refractivity contribution in [3.63, 3.8) is 0 Å². The third kappa shape index (κ3) is 3.06. The molecule has 1 amide bonds. The number of nitrogens with one attached hydrogen (secondary N) is 1. The molecule has 3 N–H and O–H groups in total. The number of carbonyl (C=O) groups is 2. The summed E-state index contributed by atoms with van der Waals surface area (Å²) in [6.07, 6.45) is 3.62. The Bertz CT molecular complexity index is 1210. The first-order valence-electron chi connectivity index (χ1n) is 14.2. The fourth-order valence-electron chi connectivity index (χ4n) is 10.7. The number of hydrogen-bond acceptors (Lipinski definition) is 5. The largest absolute Gasteiger partial charge is 0.490 e. The monoisotopic (exact) mass is 505 g/mol. The lowest BCUT2D eigenvalue weighted by molar-refractivity contribution is -0.158. The van der Waals surface area contributed by atoms with E-state index in [-0.39, 0.29) is 60.2 Å². The van der Waals surface area contributed by atoms with Crippen LogP contribution in [0.4, 0.5) is 0 Å². The van der Waals surface area contributed by atoms with Gasteiger partial charge in [0.2, 0.25) is 5.91 Å². The van der Waals surface area contributed by atoms with Crippen LogP contribution in [0.5, 0.6) is 5.75 Å². The van der Waals surface area contributed by atoms with E-state index in [1.807, 2.05) is 24.3 Å². The lowest BCUT2D eigenvalue weighted by Crippen LogP contribution is -2.58. The van der Waals surface area contributed by atoms with E-state index < -0.39 is 29.1 Å². The summed E-state index contributed by atoms with van der Waals surface area (Å²) in [6.45, 7) is 9.25. The van der Waals surface area contributed by atoms with E-state index in [4.69, 9.17) is 4.74 Å². The number of allylic oxidation sites excluding steroid dienone is 1. The number of aliphatic hydroxyl groups excluding tert-OH is 1. The van der Waals surface area contributed by atoms with Gasteiger partial charge < -0.3 is 20.3 Å². The fraction of sp³-hybridized carbons (Fsp3) is 0.677. The van der Waals surface area contributed by atoms with Crippen LogP contribution in [-0.4, -0.2) is 39.8 Å². The van der Waals surface area contributed by atoms with Gasteiger partial charge >= 0.3 is 0 Å². The molecule has 0 aromatic heterocycles. The van der Waals surface area contributed by atoms with Gasteiger partial charge in [0.05, 0.1) is 6.10 Å². The van der Waals surface area contributed by atoms with Gasteiger partial charge in [0.15, 0.2) is 5.78 Å². The summed E-state index contributed by atoms with van der Waals surface area (Å²) in [5.41, 5.74) is -0.847. The lowest BCUT2D eigenvalue weighted by Gasteiger charge is -2.51. The van der Waals surface area contributed by atoms with Gasteiger partial charge in [-0.05, 0) is 67.1 Å². The van der Waals surface area contributed by atoms with Crippen LogP contribution in [0, 0.1) is 52.3 Å².